The van der Waals surface area contributed by atoms with Gasteiger partial charge in [0, 0.05) is 27.2 Å². The first-order valence-electron chi connectivity index (χ1n) is 5.78. The van der Waals surface area contributed by atoms with Gasteiger partial charge in [-0.3, -0.25) is 10.1 Å². The third kappa shape index (κ3) is 2.81. The van der Waals surface area contributed by atoms with E-state index in [1.807, 2.05) is 23.6 Å². The summed E-state index contributed by atoms with van der Waals surface area (Å²) in [5.74, 6) is 0.495. The number of fused-ring (bicyclic) bond motifs is 1. The van der Waals surface area contributed by atoms with Crippen molar-refractivity contribution >= 4 is 44.4 Å². The maximum Gasteiger partial charge on any atom is 0.257 e. The van der Waals surface area contributed by atoms with Gasteiger partial charge in [-0.2, -0.15) is 0 Å². The van der Waals surface area contributed by atoms with Crippen LogP contribution in [0.1, 0.15) is 5.56 Å². The predicted molar refractivity (Wildman–Crippen MR) is 82.6 cm³/mol. The van der Waals surface area contributed by atoms with Crippen LogP contribution in [0.3, 0.4) is 0 Å². The molecule has 1 aromatic carbocycles. The van der Waals surface area contributed by atoms with Gasteiger partial charge in [0.1, 0.15) is 5.75 Å². The molecule has 0 spiro atoms. The molecule has 0 fully saturated rings. The molecular weight excluding hydrogens is 340 g/mol. The number of hydrogen-bond acceptors (Lipinski definition) is 4. The molecule has 2 heterocycles. The number of benzene rings is 1. The summed E-state index contributed by atoms with van der Waals surface area (Å²) >= 11 is 4.78. The van der Waals surface area contributed by atoms with Gasteiger partial charge < -0.3 is 4.74 Å². The van der Waals surface area contributed by atoms with Crippen molar-refractivity contribution < 1.29 is 9.53 Å². The van der Waals surface area contributed by atoms with Crippen molar-refractivity contribution in [3.63, 3.8) is 0 Å². The molecule has 1 aliphatic rings. The molecule has 3 rings (SSSR count). The van der Waals surface area contributed by atoms with Crippen LogP contribution in [-0.4, -0.2) is 10.9 Å². The Balaban J connectivity index is 1.91. The van der Waals surface area contributed by atoms with Crippen LogP contribution in [-0.2, 0) is 4.79 Å². The molecule has 0 bridgehead atoms. The van der Waals surface area contributed by atoms with Gasteiger partial charge in [-0.1, -0.05) is 15.9 Å². The molecular formula is C14H9BrN2O2S. The third-order valence-corrected chi connectivity index (χ3v) is 3.82. The molecule has 0 aliphatic carbocycles. The van der Waals surface area contributed by atoms with Crippen LogP contribution in [0.4, 0.5) is 5.13 Å². The van der Waals surface area contributed by atoms with Gasteiger partial charge in [0.25, 0.3) is 5.91 Å². The van der Waals surface area contributed by atoms with Gasteiger partial charge in [0.15, 0.2) is 5.13 Å². The standard InChI is InChI=1S/C14H9BrN2O2S/c15-11-1-2-12-10(8-11)7-9(3-5-19-12)13(18)17-14-16-4-6-20-14/h1-8H,(H,16,17,18). The summed E-state index contributed by atoms with van der Waals surface area (Å²) in [6, 6.07) is 5.64. The molecule has 100 valence electrons. The first-order valence-corrected chi connectivity index (χ1v) is 7.45. The molecule has 1 N–H and O–H groups in total. The monoisotopic (exact) mass is 348 g/mol. The van der Waals surface area contributed by atoms with Crippen LogP contribution in [0.2, 0.25) is 0 Å². The lowest BCUT2D eigenvalue weighted by Crippen LogP contribution is -2.12. The zero-order chi connectivity index (χ0) is 13.9. The van der Waals surface area contributed by atoms with Crippen molar-refractivity contribution in [2.24, 2.45) is 0 Å². The minimum atomic E-state index is -0.215. The average molecular weight is 349 g/mol. The van der Waals surface area contributed by atoms with Gasteiger partial charge in [0.05, 0.1) is 6.26 Å². The maximum absolute atomic E-state index is 12.2. The fourth-order valence-electron chi connectivity index (χ4n) is 1.73. The van der Waals surface area contributed by atoms with Gasteiger partial charge in [-0.25, -0.2) is 4.98 Å². The summed E-state index contributed by atoms with van der Waals surface area (Å²) in [7, 11) is 0. The number of aromatic nitrogens is 1. The molecule has 0 unspecified atom stereocenters. The van der Waals surface area contributed by atoms with Crippen LogP contribution in [0, 0.1) is 0 Å². The Hall–Kier alpha value is -1.92. The number of amides is 1. The molecule has 0 radical (unpaired) electrons. The number of ether oxygens (including phenoxy) is 1. The zero-order valence-electron chi connectivity index (χ0n) is 10.2. The van der Waals surface area contributed by atoms with Crippen molar-refractivity contribution in [1.82, 2.24) is 4.98 Å². The van der Waals surface area contributed by atoms with E-state index in [0.717, 1.165) is 10.0 Å². The van der Waals surface area contributed by atoms with Gasteiger partial charge in [-0.05, 0) is 30.4 Å². The highest BCUT2D eigenvalue weighted by molar-refractivity contribution is 9.10. The van der Waals surface area contributed by atoms with Crippen LogP contribution in [0.25, 0.3) is 6.08 Å². The highest BCUT2D eigenvalue weighted by Crippen LogP contribution is 2.28. The summed E-state index contributed by atoms with van der Waals surface area (Å²) < 4.78 is 6.40. The minimum Gasteiger partial charge on any atom is -0.464 e. The highest BCUT2D eigenvalue weighted by atomic mass is 79.9. The topological polar surface area (TPSA) is 51.2 Å². The van der Waals surface area contributed by atoms with Crippen molar-refractivity contribution in [1.29, 1.82) is 0 Å². The number of carbonyl (C=O) groups is 1. The summed E-state index contributed by atoms with van der Waals surface area (Å²) in [6.07, 6.45) is 6.57. The van der Waals surface area contributed by atoms with E-state index in [1.54, 1.807) is 18.3 Å². The Bertz CT molecular complexity index is 708. The van der Waals surface area contributed by atoms with E-state index in [4.69, 9.17) is 4.74 Å². The van der Waals surface area contributed by atoms with E-state index in [-0.39, 0.29) is 5.91 Å². The molecule has 2 aromatic rings. The smallest absolute Gasteiger partial charge is 0.257 e. The second-order valence-electron chi connectivity index (χ2n) is 3.99. The Morgan fingerprint density at radius 1 is 1.40 bits per heavy atom. The number of rotatable bonds is 2. The largest absolute Gasteiger partial charge is 0.464 e. The van der Waals surface area contributed by atoms with Crippen LogP contribution in [0.5, 0.6) is 5.75 Å². The number of thiazole rings is 1. The number of nitrogens with one attached hydrogen (secondary N) is 1. The second kappa shape index (κ2) is 5.60. The molecule has 0 saturated heterocycles. The molecule has 4 nitrogen and oxygen atoms in total. The van der Waals surface area contributed by atoms with E-state index in [9.17, 15) is 4.79 Å². The molecule has 6 heteroatoms. The Morgan fingerprint density at radius 3 is 3.10 bits per heavy atom. The Kier molecular flexibility index (Phi) is 3.66. The van der Waals surface area contributed by atoms with Crippen molar-refractivity contribution in [3.05, 3.63) is 57.7 Å². The number of halogens is 1. The highest BCUT2D eigenvalue weighted by Gasteiger charge is 2.13. The zero-order valence-corrected chi connectivity index (χ0v) is 12.6. The summed E-state index contributed by atoms with van der Waals surface area (Å²) in [5, 5.41) is 5.13. The van der Waals surface area contributed by atoms with E-state index in [0.29, 0.717) is 16.5 Å². The SMILES string of the molecule is O=C(Nc1nccs1)C1=Cc2cc(Br)ccc2OC=C1. The lowest BCUT2D eigenvalue weighted by Gasteiger charge is -2.04. The molecule has 20 heavy (non-hydrogen) atoms. The summed E-state index contributed by atoms with van der Waals surface area (Å²) in [4.78, 5) is 16.2. The van der Waals surface area contributed by atoms with Crippen LogP contribution < -0.4 is 10.1 Å². The summed E-state index contributed by atoms with van der Waals surface area (Å²) in [5.41, 5.74) is 1.35. The van der Waals surface area contributed by atoms with Gasteiger partial charge in [-0.15, -0.1) is 11.3 Å². The third-order valence-electron chi connectivity index (χ3n) is 2.64. The molecule has 1 amide bonds. The first-order chi connectivity index (χ1) is 9.72. The van der Waals surface area contributed by atoms with Crippen molar-refractivity contribution in [2.45, 2.75) is 0 Å². The number of anilines is 1. The lowest BCUT2D eigenvalue weighted by atomic mass is 10.1. The second-order valence-corrected chi connectivity index (χ2v) is 5.80. The Labute approximate surface area is 127 Å². The minimum absolute atomic E-state index is 0.215. The predicted octanol–water partition coefficient (Wildman–Crippen LogP) is 3.83. The fourth-order valence-corrected chi connectivity index (χ4v) is 2.63. The lowest BCUT2D eigenvalue weighted by molar-refractivity contribution is -0.112. The van der Waals surface area contributed by atoms with E-state index in [2.05, 4.69) is 26.2 Å². The van der Waals surface area contributed by atoms with E-state index >= 15 is 0 Å². The quantitative estimate of drug-likeness (QED) is 0.896. The van der Waals surface area contributed by atoms with E-state index < -0.39 is 0 Å². The first kappa shape index (κ1) is 13.1. The van der Waals surface area contributed by atoms with Crippen LogP contribution >= 0.6 is 27.3 Å². The average Bonchev–Trinajstić information content (AvgIpc) is 2.83. The molecule has 0 saturated carbocycles. The van der Waals surface area contributed by atoms with Crippen molar-refractivity contribution in [3.8, 4) is 5.75 Å². The molecule has 1 aliphatic heterocycles. The maximum atomic E-state index is 12.2. The summed E-state index contributed by atoms with van der Waals surface area (Å²) in [6.45, 7) is 0. The molecule has 1 aromatic heterocycles. The van der Waals surface area contributed by atoms with Gasteiger partial charge >= 0.3 is 0 Å². The molecule has 0 atom stereocenters. The number of nitrogens with zero attached hydrogens (tertiary/aromatic N) is 1. The Morgan fingerprint density at radius 2 is 2.30 bits per heavy atom. The van der Waals surface area contributed by atoms with Crippen LogP contribution in [0.15, 0.2) is 52.2 Å². The number of hydrogen-bond donors (Lipinski definition) is 1. The van der Waals surface area contributed by atoms with Gasteiger partial charge in [0.2, 0.25) is 0 Å². The number of carbonyl (C=O) groups excluding carboxylic acids is 1. The normalized spacial score (nSPS) is 12.9. The fraction of sp³-hybridized carbons (Fsp3) is 0. The van der Waals surface area contributed by atoms with E-state index in [1.165, 1.54) is 17.6 Å². The van der Waals surface area contributed by atoms with Crippen molar-refractivity contribution in [2.75, 3.05) is 5.32 Å².